The number of hydrogen-bond acceptors (Lipinski definition) is 4. The molecule has 0 saturated carbocycles. The molecule has 0 aliphatic carbocycles. The minimum Gasteiger partial charge on any atom is -0.444 e. The van der Waals surface area contributed by atoms with Gasteiger partial charge in [-0.15, -0.1) is 0 Å². The van der Waals surface area contributed by atoms with Gasteiger partial charge in [-0.05, 0) is 12.2 Å². The molecule has 2 rings (SSSR count). The van der Waals surface area contributed by atoms with Crippen LogP contribution in [0.1, 0.15) is 31.9 Å². The molecule has 3 nitrogen and oxygen atoms in total. The van der Waals surface area contributed by atoms with Gasteiger partial charge in [0.1, 0.15) is 5.76 Å². The number of nitrogens with one attached hydrogen (secondary N) is 1. The molecule has 1 aromatic heterocycles. The quantitative estimate of drug-likeness (QED) is 0.854. The number of rotatable bonds is 4. The Balaban J connectivity index is 1.82. The fraction of sp³-hybridized carbons (Fsp3) is 0.727. The summed E-state index contributed by atoms with van der Waals surface area (Å²) in [6, 6.07) is 0.618. The second-order valence-corrected chi connectivity index (χ2v) is 5.41. The molecule has 2 unspecified atom stereocenters. The minimum absolute atomic E-state index is 0.618. The monoisotopic (exact) mass is 226 g/mol. The van der Waals surface area contributed by atoms with E-state index < -0.39 is 0 Å². The predicted octanol–water partition coefficient (Wildman–Crippen LogP) is 2.22. The molecule has 1 fully saturated rings. The van der Waals surface area contributed by atoms with E-state index in [1.807, 2.05) is 18.0 Å². The van der Waals surface area contributed by atoms with Crippen LogP contribution in [0.25, 0.3) is 0 Å². The first-order valence-corrected chi connectivity index (χ1v) is 6.63. The maximum absolute atomic E-state index is 5.55. The Bertz CT molecular complexity index is 313. The second-order valence-electron chi connectivity index (χ2n) is 3.93. The van der Waals surface area contributed by atoms with E-state index in [0.717, 1.165) is 24.6 Å². The topological polar surface area (TPSA) is 38.1 Å². The molecule has 0 aromatic carbocycles. The summed E-state index contributed by atoms with van der Waals surface area (Å²) in [4.78, 5) is 4.24. The Labute approximate surface area is 95.0 Å². The lowest BCUT2D eigenvalue weighted by Crippen LogP contribution is -2.32. The van der Waals surface area contributed by atoms with E-state index in [4.69, 9.17) is 4.42 Å². The highest BCUT2D eigenvalue weighted by Crippen LogP contribution is 2.26. The second kappa shape index (κ2) is 5.03. The van der Waals surface area contributed by atoms with Crippen molar-refractivity contribution in [1.29, 1.82) is 0 Å². The smallest absolute Gasteiger partial charge is 0.208 e. The number of oxazole rings is 1. The van der Waals surface area contributed by atoms with Crippen LogP contribution in [-0.2, 0) is 13.0 Å². The zero-order valence-electron chi connectivity index (χ0n) is 9.32. The van der Waals surface area contributed by atoms with Crippen molar-refractivity contribution in [3.63, 3.8) is 0 Å². The molecule has 84 valence electrons. The molecule has 2 heterocycles. The maximum Gasteiger partial charge on any atom is 0.208 e. The molecule has 0 radical (unpaired) electrons. The van der Waals surface area contributed by atoms with Crippen LogP contribution in [0.15, 0.2) is 10.6 Å². The van der Waals surface area contributed by atoms with Crippen LogP contribution in [0.4, 0.5) is 0 Å². The first-order valence-electron chi connectivity index (χ1n) is 5.58. The first-order chi connectivity index (χ1) is 7.29. The molecular weight excluding hydrogens is 208 g/mol. The Kier molecular flexibility index (Phi) is 3.70. The van der Waals surface area contributed by atoms with E-state index in [0.29, 0.717) is 11.3 Å². The van der Waals surface area contributed by atoms with E-state index in [2.05, 4.69) is 24.1 Å². The summed E-state index contributed by atoms with van der Waals surface area (Å²) in [5.41, 5.74) is 0. The summed E-state index contributed by atoms with van der Waals surface area (Å²) >= 11 is 2.04. The van der Waals surface area contributed by atoms with Crippen molar-refractivity contribution in [3.05, 3.63) is 17.8 Å². The van der Waals surface area contributed by atoms with Gasteiger partial charge in [-0.25, -0.2) is 4.98 Å². The van der Waals surface area contributed by atoms with Gasteiger partial charge in [0.2, 0.25) is 5.89 Å². The molecule has 1 saturated heterocycles. The zero-order valence-corrected chi connectivity index (χ0v) is 10.1. The third kappa shape index (κ3) is 2.75. The van der Waals surface area contributed by atoms with Crippen molar-refractivity contribution in [3.8, 4) is 0 Å². The number of aromatic nitrogens is 1. The maximum atomic E-state index is 5.55. The predicted molar refractivity (Wildman–Crippen MR) is 63.0 cm³/mol. The largest absolute Gasteiger partial charge is 0.444 e. The van der Waals surface area contributed by atoms with Crippen LogP contribution in [0.3, 0.4) is 0 Å². The first kappa shape index (κ1) is 11.0. The Morgan fingerprint density at radius 2 is 2.53 bits per heavy atom. The standard InChI is InChI=1S/C11H18N2OS/c1-3-9-6-13-11(14-9)7-12-10-4-5-15-8(10)2/h6,8,10,12H,3-5,7H2,1-2H3. The number of hydrogen-bond donors (Lipinski definition) is 1. The van der Waals surface area contributed by atoms with Crippen LogP contribution < -0.4 is 5.32 Å². The molecule has 1 aliphatic rings. The third-order valence-corrected chi connectivity index (χ3v) is 4.17. The molecule has 2 atom stereocenters. The Morgan fingerprint density at radius 1 is 1.67 bits per heavy atom. The van der Waals surface area contributed by atoms with Crippen molar-refractivity contribution in [2.45, 2.75) is 44.5 Å². The summed E-state index contributed by atoms with van der Waals surface area (Å²) in [6.07, 6.45) is 4.00. The van der Waals surface area contributed by atoms with Gasteiger partial charge in [0, 0.05) is 17.7 Å². The van der Waals surface area contributed by atoms with Gasteiger partial charge in [0.25, 0.3) is 0 Å². The minimum atomic E-state index is 0.618. The van der Waals surface area contributed by atoms with E-state index in [9.17, 15) is 0 Å². The normalized spacial score (nSPS) is 26.0. The highest BCUT2D eigenvalue weighted by atomic mass is 32.2. The number of thioether (sulfide) groups is 1. The molecular formula is C11H18N2OS. The molecule has 0 bridgehead atoms. The van der Waals surface area contributed by atoms with Crippen molar-refractivity contribution in [2.24, 2.45) is 0 Å². The van der Waals surface area contributed by atoms with Crippen molar-refractivity contribution >= 4 is 11.8 Å². The van der Waals surface area contributed by atoms with E-state index >= 15 is 0 Å². The lowest BCUT2D eigenvalue weighted by atomic mass is 10.2. The van der Waals surface area contributed by atoms with Gasteiger partial charge in [-0.3, -0.25) is 0 Å². The van der Waals surface area contributed by atoms with Crippen LogP contribution in [0, 0.1) is 0 Å². The van der Waals surface area contributed by atoms with Gasteiger partial charge in [-0.1, -0.05) is 13.8 Å². The van der Waals surface area contributed by atoms with Crippen molar-refractivity contribution in [1.82, 2.24) is 10.3 Å². The zero-order chi connectivity index (χ0) is 10.7. The van der Waals surface area contributed by atoms with Gasteiger partial charge < -0.3 is 9.73 Å². The van der Waals surface area contributed by atoms with Crippen LogP contribution >= 0.6 is 11.8 Å². The van der Waals surface area contributed by atoms with Crippen molar-refractivity contribution in [2.75, 3.05) is 5.75 Å². The summed E-state index contributed by atoms with van der Waals surface area (Å²) in [5.74, 6) is 3.06. The van der Waals surface area contributed by atoms with E-state index in [-0.39, 0.29) is 0 Å². The lowest BCUT2D eigenvalue weighted by Gasteiger charge is -2.14. The van der Waals surface area contributed by atoms with Crippen LogP contribution in [0.5, 0.6) is 0 Å². The summed E-state index contributed by atoms with van der Waals surface area (Å²) in [6.45, 7) is 5.12. The highest BCUT2D eigenvalue weighted by Gasteiger charge is 2.23. The van der Waals surface area contributed by atoms with Crippen molar-refractivity contribution < 1.29 is 4.42 Å². The van der Waals surface area contributed by atoms with Crippen LogP contribution in [-0.4, -0.2) is 22.0 Å². The van der Waals surface area contributed by atoms with E-state index in [1.54, 1.807) is 0 Å². The summed E-state index contributed by atoms with van der Waals surface area (Å²) in [5, 5.41) is 4.22. The summed E-state index contributed by atoms with van der Waals surface area (Å²) in [7, 11) is 0. The molecule has 1 aliphatic heterocycles. The molecule has 1 aromatic rings. The molecule has 1 N–H and O–H groups in total. The lowest BCUT2D eigenvalue weighted by molar-refractivity contribution is 0.413. The third-order valence-electron chi connectivity index (χ3n) is 2.84. The van der Waals surface area contributed by atoms with Gasteiger partial charge in [-0.2, -0.15) is 11.8 Å². The fourth-order valence-electron chi connectivity index (χ4n) is 1.81. The Morgan fingerprint density at radius 3 is 3.13 bits per heavy atom. The van der Waals surface area contributed by atoms with Gasteiger partial charge in [0.15, 0.2) is 0 Å². The van der Waals surface area contributed by atoms with Crippen LogP contribution in [0.2, 0.25) is 0 Å². The molecule has 0 amide bonds. The average Bonchev–Trinajstić information content (AvgIpc) is 2.84. The van der Waals surface area contributed by atoms with Gasteiger partial charge >= 0.3 is 0 Å². The Hall–Kier alpha value is -0.480. The molecule has 4 heteroatoms. The summed E-state index contributed by atoms with van der Waals surface area (Å²) < 4.78 is 5.55. The number of aryl methyl sites for hydroxylation is 1. The van der Waals surface area contributed by atoms with Gasteiger partial charge in [0.05, 0.1) is 12.7 Å². The number of nitrogens with zero attached hydrogens (tertiary/aromatic N) is 1. The molecule has 15 heavy (non-hydrogen) atoms. The average molecular weight is 226 g/mol. The fourth-order valence-corrected chi connectivity index (χ4v) is 3.04. The van der Waals surface area contributed by atoms with E-state index in [1.165, 1.54) is 12.2 Å². The SMILES string of the molecule is CCc1cnc(CNC2CCSC2C)o1. The highest BCUT2D eigenvalue weighted by molar-refractivity contribution is 8.00. The molecule has 0 spiro atoms.